The van der Waals surface area contributed by atoms with Crippen LogP contribution in [0.15, 0.2) is 76.5 Å². The van der Waals surface area contributed by atoms with Crippen molar-refractivity contribution in [1.82, 2.24) is 0 Å². The van der Waals surface area contributed by atoms with Gasteiger partial charge >= 0.3 is 0 Å². The van der Waals surface area contributed by atoms with Crippen LogP contribution in [0.1, 0.15) is 5.56 Å². The number of hydrogen-bond acceptors (Lipinski definition) is 5. The average molecular weight is 467 g/mol. The Morgan fingerprint density at radius 3 is 1.70 bits per heavy atom. The summed E-state index contributed by atoms with van der Waals surface area (Å²) in [5, 5.41) is 0.443. The van der Waals surface area contributed by atoms with Crippen molar-refractivity contribution in [3.63, 3.8) is 0 Å². The molecule has 0 unspecified atom stereocenters. The van der Waals surface area contributed by atoms with Crippen LogP contribution in [-0.4, -0.2) is 23.9 Å². The van der Waals surface area contributed by atoms with Crippen molar-refractivity contribution >= 4 is 43.0 Å². The van der Waals surface area contributed by atoms with Gasteiger partial charge in [0.05, 0.1) is 22.6 Å². The summed E-state index contributed by atoms with van der Waals surface area (Å²) in [6.07, 6.45) is 0. The number of sulfonamides is 2. The highest BCUT2D eigenvalue weighted by molar-refractivity contribution is 7.93. The zero-order chi connectivity index (χ0) is 21.9. The van der Waals surface area contributed by atoms with Crippen LogP contribution >= 0.6 is 11.6 Å². The maximum absolute atomic E-state index is 12.6. The molecular weight excluding hydrogens is 448 g/mol. The molecule has 158 valence electrons. The lowest BCUT2D eigenvalue weighted by Gasteiger charge is -2.11. The molecule has 3 aromatic rings. The molecule has 0 saturated heterocycles. The van der Waals surface area contributed by atoms with Crippen LogP contribution in [0.2, 0.25) is 5.02 Å². The Balaban J connectivity index is 1.77. The van der Waals surface area contributed by atoms with Gasteiger partial charge in [-0.25, -0.2) is 16.8 Å². The van der Waals surface area contributed by atoms with Crippen molar-refractivity contribution in [2.45, 2.75) is 16.7 Å². The monoisotopic (exact) mass is 466 g/mol. The number of anilines is 2. The van der Waals surface area contributed by atoms with Crippen LogP contribution in [0.5, 0.6) is 5.75 Å². The van der Waals surface area contributed by atoms with Crippen molar-refractivity contribution in [2.24, 2.45) is 0 Å². The van der Waals surface area contributed by atoms with Crippen LogP contribution in [0.4, 0.5) is 11.4 Å². The van der Waals surface area contributed by atoms with Crippen LogP contribution in [0, 0.1) is 6.92 Å². The molecule has 10 heteroatoms. The smallest absolute Gasteiger partial charge is 0.261 e. The highest BCUT2D eigenvalue weighted by atomic mass is 35.5. The fourth-order valence-electron chi connectivity index (χ4n) is 2.54. The van der Waals surface area contributed by atoms with Gasteiger partial charge in [0.2, 0.25) is 0 Å². The van der Waals surface area contributed by atoms with Gasteiger partial charge < -0.3 is 4.74 Å². The van der Waals surface area contributed by atoms with Gasteiger partial charge in [-0.3, -0.25) is 9.44 Å². The molecule has 0 fully saturated rings. The predicted molar refractivity (Wildman–Crippen MR) is 117 cm³/mol. The molecule has 0 aliphatic rings. The Hall–Kier alpha value is -2.75. The third kappa shape index (κ3) is 5.05. The summed E-state index contributed by atoms with van der Waals surface area (Å²) in [5.74, 6) is 0.533. The number of hydrogen-bond donors (Lipinski definition) is 2. The second-order valence-corrected chi connectivity index (χ2v) is 10.1. The predicted octanol–water partition coefficient (Wildman–Crippen LogP) is 4.26. The molecule has 0 radical (unpaired) electrons. The first-order valence-electron chi connectivity index (χ1n) is 8.67. The van der Waals surface area contributed by atoms with Crippen LogP contribution in [0.25, 0.3) is 0 Å². The zero-order valence-corrected chi connectivity index (χ0v) is 18.5. The average Bonchev–Trinajstić information content (AvgIpc) is 2.71. The van der Waals surface area contributed by atoms with Gasteiger partial charge in [0.25, 0.3) is 20.0 Å². The molecule has 30 heavy (non-hydrogen) atoms. The molecular formula is C20H19ClN2O5S2. The Kier molecular flexibility index (Phi) is 6.25. The van der Waals surface area contributed by atoms with Crippen LogP contribution in [-0.2, 0) is 20.0 Å². The number of benzene rings is 3. The van der Waals surface area contributed by atoms with E-state index in [2.05, 4.69) is 9.44 Å². The molecule has 0 amide bonds. The van der Waals surface area contributed by atoms with Crippen molar-refractivity contribution in [1.29, 1.82) is 0 Å². The first-order valence-corrected chi connectivity index (χ1v) is 12.0. The lowest BCUT2D eigenvalue weighted by atomic mass is 10.2. The molecule has 0 aliphatic heterocycles. The molecule has 0 aliphatic carbocycles. The van der Waals surface area contributed by atoms with Gasteiger partial charge in [0.15, 0.2) is 0 Å². The Morgan fingerprint density at radius 1 is 0.733 bits per heavy atom. The van der Waals surface area contributed by atoms with Crippen molar-refractivity contribution in [3.05, 3.63) is 77.3 Å². The molecule has 0 atom stereocenters. The lowest BCUT2D eigenvalue weighted by Crippen LogP contribution is -2.14. The standard InChI is InChI=1S/C20H19ClN2O5S2/c1-14-3-4-16(13-20(14)21)23-30(26,27)18-9-5-15(6-10-18)22-29(24,25)19-11-7-17(28-2)8-12-19/h3-13,22-23H,1-2H3. The van der Waals surface area contributed by atoms with E-state index in [1.165, 1.54) is 61.7 Å². The fraction of sp³-hybridized carbons (Fsp3) is 0.100. The van der Waals surface area contributed by atoms with E-state index in [1.54, 1.807) is 12.1 Å². The number of rotatable bonds is 7. The second-order valence-electron chi connectivity index (χ2n) is 6.37. The van der Waals surface area contributed by atoms with E-state index in [-0.39, 0.29) is 15.5 Å². The van der Waals surface area contributed by atoms with Gasteiger partial charge in [-0.05, 0) is 73.2 Å². The minimum Gasteiger partial charge on any atom is -0.497 e. The van der Waals surface area contributed by atoms with E-state index in [4.69, 9.17) is 16.3 Å². The number of methoxy groups -OCH3 is 1. The third-order valence-corrected chi connectivity index (χ3v) is 7.41. The summed E-state index contributed by atoms with van der Waals surface area (Å²) in [7, 11) is -6.21. The summed E-state index contributed by atoms with van der Waals surface area (Å²) in [6.45, 7) is 1.81. The maximum atomic E-state index is 12.6. The summed E-state index contributed by atoms with van der Waals surface area (Å²) < 4.78 is 60.0. The first kappa shape index (κ1) is 21.9. The maximum Gasteiger partial charge on any atom is 0.261 e. The quantitative estimate of drug-likeness (QED) is 0.541. The summed E-state index contributed by atoms with van der Waals surface area (Å²) in [4.78, 5) is 0.0320. The SMILES string of the molecule is COc1ccc(S(=O)(=O)Nc2ccc(S(=O)(=O)Nc3ccc(C)c(Cl)c3)cc2)cc1. The summed E-state index contributed by atoms with van der Waals surface area (Å²) in [5.41, 5.74) is 1.38. The first-order chi connectivity index (χ1) is 14.1. The molecule has 3 aromatic carbocycles. The third-order valence-electron chi connectivity index (χ3n) is 4.21. The van der Waals surface area contributed by atoms with E-state index in [1.807, 2.05) is 6.92 Å². The number of halogens is 1. The molecule has 0 spiro atoms. The Morgan fingerprint density at radius 2 is 1.20 bits per heavy atom. The topological polar surface area (TPSA) is 102 Å². The largest absolute Gasteiger partial charge is 0.497 e. The zero-order valence-electron chi connectivity index (χ0n) is 16.1. The van der Waals surface area contributed by atoms with Crippen molar-refractivity contribution in [2.75, 3.05) is 16.6 Å². The highest BCUT2D eigenvalue weighted by Gasteiger charge is 2.17. The van der Waals surface area contributed by atoms with Crippen LogP contribution < -0.4 is 14.2 Å². The highest BCUT2D eigenvalue weighted by Crippen LogP contribution is 2.24. The van der Waals surface area contributed by atoms with Gasteiger partial charge in [-0.2, -0.15) is 0 Å². The van der Waals surface area contributed by atoms with E-state index >= 15 is 0 Å². The molecule has 7 nitrogen and oxygen atoms in total. The second kappa shape index (κ2) is 8.55. The number of nitrogens with one attached hydrogen (secondary N) is 2. The number of ether oxygens (including phenoxy) is 1. The Bertz CT molecular complexity index is 1260. The summed E-state index contributed by atoms with van der Waals surface area (Å²) in [6, 6.07) is 16.1. The van der Waals surface area contributed by atoms with Gasteiger partial charge in [-0.1, -0.05) is 17.7 Å². The molecule has 2 N–H and O–H groups in total. The molecule has 0 aromatic heterocycles. The minimum absolute atomic E-state index is 0.0217. The summed E-state index contributed by atoms with van der Waals surface area (Å²) >= 11 is 6.03. The van der Waals surface area contributed by atoms with E-state index in [9.17, 15) is 16.8 Å². The van der Waals surface area contributed by atoms with Crippen LogP contribution in [0.3, 0.4) is 0 Å². The fourth-order valence-corrected chi connectivity index (χ4v) is 4.83. The molecule has 0 bridgehead atoms. The molecule has 3 rings (SSSR count). The van der Waals surface area contributed by atoms with Gasteiger partial charge in [0.1, 0.15) is 5.75 Å². The molecule has 0 heterocycles. The van der Waals surface area contributed by atoms with Gasteiger partial charge in [0, 0.05) is 10.7 Å². The van der Waals surface area contributed by atoms with E-state index in [0.29, 0.717) is 16.5 Å². The Labute approximate surface area is 180 Å². The van der Waals surface area contributed by atoms with E-state index < -0.39 is 20.0 Å². The molecule has 0 saturated carbocycles. The lowest BCUT2D eigenvalue weighted by molar-refractivity contribution is 0.414. The van der Waals surface area contributed by atoms with Gasteiger partial charge in [-0.15, -0.1) is 0 Å². The normalized spacial score (nSPS) is 11.7. The number of aryl methyl sites for hydroxylation is 1. The van der Waals surface area contributed by atoms with E-state index in [0.717, 1.165) is 5.56 Å². The minimum atomic E-state index is -3.86. The van der Waals surface area contributed by atoms with Crippen molar-refractivity contribution in [3.8, 4) is 5.75 Å². The van der Waals surface area contributed by atoms with Crippen molar-refractivity contribution < 1.29 is 21.6 Å².